The number of nitrogens with one attached hydrogen (secondary N) is 1. The molecule has 0 saturated carbocycles. The quantitative estimate of drug-likeness (QED) is 0.851. The van der Waals surface area contributed by atoms with Gasteiger partial charge in [-0.05, 0) is 17.7 Å². The second-order valence-electron chi connectivity index (χ2n) is 4.58. The first-order chi connectivity index (χ1) is 10.1. The standard InChI is InChI=1S/C16H17F2NO2/c1-21-14-4-2-3-13(9-14)19-15(10-20)11-5-7-12(8-6-11)16(17)18/h2-9,15-16,19-20H,10H2,1H3. The highest BCUT2D eigenvalue weighted by molar-refractivity contribution is 5.50. The molecule has 0 aliphatic rings. The zero-order valence-electron chi connectivity index (χ0n) is 11.6. The summed E-state index contributed by atoms with van der Waals surface area (Å²) in [5.41, 5.74) is 1.49. The third-order valence-corrected chi connectivity index (χ3v) is 3.18. The normalized spacial score (nSPS) is 12.2. The molecule has 0 aliphatic carbocycles. The van der Waals surface area contributed by atoms with E-state index in [-0.39, 0.29) is 18.2 Å². The number of rotatable bonds is 6. The molecule has 0 fully saturated rings. The molecule has 0 saturated heterocycles. The van der Waals surface area contributed by atoms with Crippen LogP contribution < -0.4 is 10.1 Å². The van der Waals surface area contributed by atoms with Crippen molar-refractivity contribution < 1.29 is 18.6 Å². The Morgan fingerprint density at radius 1 is 1.10 bits per heavy atom. The average molecular weight is 293 g/mol. The Hall–Kier alpha value is -2.14. The molecule has 1 unspecified atom stereocenters. The maximum absolute atomic E-state index is 12.5. The van der Waals surface area contributed by atoms with Gasteiger partial charge in [0.1, 0.15) is 5.75 Å². The van der Waals surface area contributed by atoms with Crippen molar-refractivity contribution in [3.63, 3.8) is 0 Å². The van der Waals surface area contributed by atoms with Crippen LogP contribution in [0.3, 0.4) is 0 Å². The van der Waals surface area contributed by atoms with E-state index < -0.39 is 6.43 Å². The van der Waals surface area contributed by atoms with Gasteiger partial charge in [-0.25, -0.2) is 8.78 Å². The van der Waals surface area contributed by atoms with E-state index in [0.717, 1.165) is 11.3 Å². The number of hydrogen-bond donors (Lipinski definition) is 2. The summed E-state index contributed by atoms with van der Waals surface area (Å²) in [4.78, 5) is 0. The molecule has 2 aromatic rings. The fourth-order valence-corrected chi connectivity index (χ4v) is 2.02. The highest BCUT2D eigenvalue weighted by Gasteiger charge is 2.12. The predicted octanol–water partition coefficient (Wildman–Crippen LogP) is 3.78. The molecule has 3 nitrogen and oxygen atoms in total. The van der Waals surface area contributed by atoms with Gasteiger partial charge < -0.3 is 15.2 Å². The molecule has 112 valence electrons. The number of aliphatic hydroxyl groups excluding tert-OH is 1. The first-order valence-electron chi connectivity index (χ1n) is 6.53. The van der Waals surface area contributed by atoms with Crippen molar-refractivity contribution >= 4 is 5.69 Å². The number of halogens is 2. The molecule has 0 radical (unpaired) electrons. The fourth-order valence-electron chi connectivity index (χ4n) is 2.02. The largest absolute Gasteiger partial charge is 0.497 e. The number of ether oxygens (including phenoxy) is 1. The van der Waals surface area contributed by atoms with Crippen LogP contribution in [0.1, 0.15) is 23.6 Å². The van der Waals surface area contributed by atoms with E-state index in [9.17, 15) is 13.9 Å². The van der Waals surface area contributed by atoms with Gasteiger partial charge in [0, 0.05) is 17.3 Å². The first kappa shape index (κ1) is 15.3. The van der Waals surface area contributed by atoms with Crippen LogP contribution in [-0.2, 0) is 0 Å². The summed E-state index contributed by atoms with van der Waals surface area (Å²) in [5.74, 6) is 0.699. The van der Waals surface area contributed by atoms with Gasteiger partial charge >= 0.3 is 0 Å². The van der Waals surface area contributed by atoms with Crippen molar-refractivity contribution in [3.05, 3.63) is 59.7 Å². The van der Waals surface area contributed by atoms with Crippen molar-refractivity contribution in [2.24, 2.45) is 0 Å². The van der Waals surface area contributed by atoms with E-state index in [1.165, 1.54) is 12.1 Å². The molecule has 0 spiro atoms. The molecule has 5 heteroatoms. The van der Waals surface area contributed by atoms with E-state index in [1.54, 1.807) is 25.3 Å². The van der Waals surface area contributed by atoms with Crippen LogP contribution in [0.2, 0.25) is 0 Å². The summed E-state index contributed by atoms with van der Waals surface area (Å²) in [6, 6.07) is 12.8. The van der Waals surface area contributed by atoms with Gasteiger partial charge in [0.15, 0.2) is 0 Å². The molecular weight excluding hydrogens is 276 g/mol. The molecule has 0 aromatic heterocycles. The maximum Gasteiger partial charge on any atom is 0.263 e. The lowest BCUT2D eigenvalue weighted by Crippen LogP contribution is -2.14. The molecule has 21 heavy (non-hydrogen) atoms. The number of hydrogen-bond acceptors (Lipinski definition) is 3. The lowest BCUT2D eigenvalue weighted by Gasteiger charge is -2.19. The topological polar surface area (TPSA) is 41.5 Å². The Labute approximate surface area is 122 Å². The van der Waals surface area contributed by atoms with Crippen molar-refractivity contribution in [1.82, 2.24) is 0 Å². The molecule has 1 atom stereocenters. The van der Waals surface area contributed by atoms with Gasteiger partial charge in [0.25, 0.3) is 6.43 Å². The second kappa shape index (κ2) is 7.04. The van der Waals surface area contributed by atoms with Gasteiger partial charge in [0.05, 0.1) is 19.8 Å². The minimum absolute atomic E-state index is 0.0307. The van der Waals surface area contributed by atoms with E-state index in [0.29, 0.717) is 5.75 Å². The number of methoxy groups -OCH3 is 1. The van der Waals surface area contributed by atoms with E-state index in [1.807, 2.05) is 18.2 Å². The third kappa shape index (κ3) is 3.92. The minimum atomic E-state index is -2.49. The number of anilines is 1. The highest BCUT2D eigenvalue weighted by atomic mass is 19.3. The second-order valence-corrected chi connectivity index (χ2v) is 4.58. The molecule has 0 heterocycles. The summed E-state index contributed by atoms with van der Waals surface area (Å²) >= 11 is 0. The smallest absolute Gasteiger partial charge is 0.263 e. The zero-order chi connectivity index (χ0) is 15.2. The Kier molecular flexibility index (Phi) is 5.11. The van der Waals surface area contributed by atoms with Crippen LogP contribution in [0.5, 0.6) is 5.75 Å². The highest BCUT2D eigenvalue weighted by Crippen LogP contribution is 2.25. The average Bonchev–Trinajstić information content (AvgIpc) is 2.53. The number of benzene rings is 2. The summed E-state index contributed by atoms with van der Waals surface area (Å²) in [6.45, 7) is -0.148. The Morgan fingerprint density at radius 2 is 1.76 bits per heavy atom. The Balaban J connectivity index is 2.15. The number of alkyl halides is 2. The van der Waals surface area contributed by atoms with Crippen LogP contribution in [0, 0.1) is 0 Å². The lowest BCUT2D eigenvalue weighted by molar-refractivity contribution is 0.151. The SMILES string of the molecule is COc1cccc(NC(CO)c2ccc(C(F)F)cc2)c1. The fraction of sp³-hybridized carbons (Fsp3) is 0.250. The van der Waals surface area contributed by atoms with Gasteiger partial charge in [-0.1, -0.05) is 30.3 Å². The van der Waals surface area contributed by atoms with Crippen molar-refractivity contribution in [2.45, 2.75) is 12.5 Å². The van der Waals surface area contributed by atoms with Gasteiger partial charge in [-0.15, -0.1) is 0 Å². The summed E-state index contributed by atoms with van der Waals surface area (Å²) in [7, 11) is 1.58. The first-order valence-corrected chi connectivity index (χ1v) is 6.53. The van der Waals surface area contributed by atoms with E-state index in [4.69, 9.17) is 4.74 Å². The Bertz CT molecular complexity index is 573. The minimum Gasteiger partial charge on any atom is -0.497 e. The van der Waals surface area contributed by atoms with E-state index in [2.05, 4.69) is 5.32 Å². The van der Waals surface area contributed by atoms with Gasteiger partial charge in [0.2, 0.25) is 0 Å². The van der Waals surface area contributed by atoms with Crippen molar-refractivity contribution in [2.75, 3.05) is 19.0 Å². The van der Waals surface area contributed by atoms with Crippen LogP contribution in [-0.4, -0.2) is 18.8 Å². The summed E-state index contributed by atoms with van der Waals surface area (Å²) < 4.78 is 30.2. The third-order valence-electron chi connectivity index (χ3n) is 3.18. The monoisotopic (exact) mass is 293 g/mol. The maximum atomic E-state index is 12.5. The molecule has 0 amide bonds. The van der Waals surface area contributed by atoms with Crippen LogP contribution in [0.25, 0.3) is 0 Å². The summed E-state index contributed by atoms with van der Waals surface area (Å²) in [5, 5.41) is 12.7. The van der Waals surface area contributed by atoms with Crippen molar-refractivity contribution in [1.29, 1.82) is 0 Å². The van der Waals surface area contributed by atoms with Crippen LogP contribution in [0.15, 0.2) is 48.5 Å². The predicted molar refractivity (Wildman–Crippen MR) is 77.8 cm³/mol. The zero-order valence-corrected chi connectivity index (χ0v) is 11.6. The molecule has 2 N–H and O–H groups in total. The van der Waals surface area contributed by atoms with Gasteiger partial charge in [-0.2, -0.15) is 0 Å². The molecule has 2 rings (SSSR count). The van der Waals surface area contributed by atoms with Crippen LogP contribution >= 0.6 is 0 Å². The molecule has 2 aromatic carbocycles. The van der Waals surface area contributed by atoms with E-state index >= 15 is 0 Å². The molecule has 0 bridgehead atoms. The number of aliphatic hydroxyl groups is 1. The van der Waals surface area contributed by atoms with Gasteiger partial charge in [-0.3, -0.25) is 0 Å². The Morgan fingerprint density at radius 3 is 2.33 bits per heavy atom. The lowest BCUT2D eigenvalue weighted by atomic mass is 10.0. The van der Waals surface area contributed by atoms with Crippen molar-refractivity contribution in [3.8, 4) is 5.75 Å². The van der Waals surface area contributed by atoms with Crippen LogP contribution in [0.4, 0.5) is 14.5 Å². The molecule has 0 aliphatic heterocycles. The summed E-state index contributed by atoms with van der Waals surface area (Å²) in [6.07, 6.45) is -2.49. The molecular formula is C16H17F2NO2.